The van der Waals surface area contributed by atoms with Gasteiger partial charge in [-0.1, -0.05) is 111 Å². The molecule has 0 aliphatic carbocycles. The van der Waals surface area contributed by atoms with Crippen molar-refractivity contribution in [2.75, 3.05) is 0 Å². The van der Waals surface area contributed by atoms with Crippen molar-refractivity contribution in [2.45, 2.75) is 33.1 Å². The largest absolute Gasteiger partial charge is 2.00 e. The van der Waals surface area contributed by atoms with Crippen LogP contribution in [0.1, 0.15) is 38.8 Å². The van der Waals surface area contributed by atoms with Gasteiger partial charge in [-0.25, -0.2) is 9.97 Å². The van der Waals surface area contributed by atoms with E-state index < -0.39 is 0 Å². The maximum Gasteiger partial charge on any atom is 2.00 e. The van der Waals surface area contributed by atoms with Crippen molar-refractivity contribution >= 4 is 49.3 Å². The minimum atomic E-state index is -0.175. The molecule has 0 amide bonds. The van der Waals surface area contributed by atoms with Gasteiger partial charge in [-0.3, -0.25) is 4.98 Å². The normalized spacial score (nSPS) is 13.5. The molecule has 4 aromatic carbocycles. The Labute approximate surface area is 310 Å². The Hall–Kier alpha value is -5.32. The number of para-hydroxylation sites is 1. The molecule has 6 nitrogen and oxygen atoms in total. The Morgan fingerprint density at radius 3 is 2.16 bits per heavy atom. The molecule has 0 atom stereocenters. The van der Waals surface area contributed by atoms with E-state index in [-0.39, 0.29) is 26.5 Å². The summed E-state index contributed by atoms with van der Waals surface area (Å²) < 4.78 is 11.0. The van der Waals surface area contributed by atoms with Gasteiger partial charge in [-0.05, 0) is 40.3 Å². The van der Waals surface area contributed by atoms with E-state index in [1.165, 1.54) is 22.0 Å². The third-order valence-electron chi connectivity index (χ3n) is 10.8. The number of ether oxygens (including phenoxy) is 1. The summed E-state index contributed by atoms with van der Waals surface area (Å²) in [6.07, 6.45) is 5.78. The molecule has 0 bridgehead atoms. The van der Waals surface area contributed by atoms with Crippen LogP contribution in [0.2, 0.25) is 0 Å². The van der Waals surface area contributed by atoms with E-state index in [9.17, 15) is 0 Å². The summed E-state index contributed by atoms with van der Waals surface area (Å²) in [6, 6.07) is 40.8. The second-order valence-electron chi connectivity index (χ2n) is 13.9. The van der Waals surface area contributed by atoms with Crippen molar-refractivity contribution < 1.29 is 25.8 Å². The van der Waals surface area contributed by atoms with Crippen LogP contribution in [-0.4, -0.2) is 23.9 Å². The first kappa shape index (κ1) is 31.6. The van der Waals surface area contributed by atoms with Gasteiger partial charge in [0.15, 0.2) is 0 Å². The second kappa shape index (κ2) is 11.6. The van der Waals surface area contributed by atoms with Crippen molar-refractivity contribution in [1.82, 2.24) is 23.9 Å². The van der Waals surface area contributed by atoms with Gasteiger partial charge in [0, 0.05) is 52.1 Å². The summed E-state index contributed by atoms with van der Waals surface area (Å²) in [7, 11) is 0. The van der Waals surface area contributed by atoms with Crippen LogP contribution in [0.5, 0.6) is 11.5 Å². The Kier molecular flexibility index (Phi) is 7.20. The number of hydrogen-bond donors (Lipinski definition) is 0. The van der Waals surface area contributed by atoms with Crippen molar-refractivity contribution in [3.8, 4) is 28.6 Å². The molecule has 9 aromatic rings. The van der Waals surface area contributed by atoms with E-state index in [0.29, 0.717) is 23.3 Å². The average molecular weight is 843 g/mol. The zero-order valence-corrected chi connectivity index (χ0v) is 30.9. The van der Waals surface area contributed by atoms with Crippen molar-refractivity contribution in [1.29, 1.82) is 0 Å². The summed E-state index contributed by atoms with van der Waals surface area (Å²) in [5.74, 6) is 2.91. The molecule has 0 saturated heterocycles. The fraction of sp³-hybridized carbons (Fsp3) is 0.159. The Bertz CT molecular complexity index is 2810. The molecular formula is C44H33N5OPt. The van der Waals surface area contributed by atoms with Crippen molar-refractivity contribution in [3.63, 3.8) is 0 Å². The van der Waals surface area contributed by atoms with Crippen LogP contribution in [0.15, 0.2) is 116 Å². The number of fused-ring (bicyclic) bond motifs is 11. The van der Waals surface area contributed by atoms with Crippen LogP contribution in [0.3, 0.4) is 0 Å². The number of hydrogen-bond acceptors (Lipinski definition) is 4. The molecular weight excluding hydrogens is 810 g/mol. The molecule has 250 valence electrons. The third-order valence-corrected chi connectivity index (χ3v) is 10.8. The topological polar surface area (TPSA) is 57.2 Å². The molecule has 1 aliphatic heterocycles. The first-order valence-electron chi connectivity index (χ1n) is 17.3. The van der Waals surface area contributed by atoms with Crippen LogP contribution in [0, 0.1) is 24.0 Å². The fourth-order valence-electron chi connectivity index (χ4n) is 8.85. The molecule has 1 aliphatic rings. The molecule has 0 N–H and O–H groups in total. The number of rotatable bonds is 5. The summed E-state index contributed by atoms with van der Waals surface area (Å²) in [5, 5.41) is 5.26. The fourth-order valence-corrected chi connectivity index (χ4v) is 8.85. The number of pyridine rings is 3. The minimum Gasteiger partial charge on any atom is -0.503 e. The van der Waals surface area contributed by atoms with Crippen LogP contribution < -0.4 is 4.74 Å². The number of benzene rings is 4. The van der Waals surface area contributed by atoms with Crippen LogP contribution in [0.25, 0.3) is 66.3 Å². The van der Waals surface area contributed by atoms with E-state index in [1.54, 1.807) is 0 Å². The van der Waals surface area contributed by atoms with E-state index in [1.807, 2.05) is 48.8 Å². The van der Waals surface area contributed by atoms with E-state index in [0.717, 1.165) is 55.4 Å². The molecule has 10 rings (SSSR count). The molecule has 6 heterocycles. The van der Waals surface area contributed by atoms with Crippen molar-refractivity contribution in [3.05, 3.63) is 139 Å². The Morgan fingerprint density at radius 2 is 1.35 bits per heavy atom. The molecule has 0 radical (unpaired) electrons. The number of nitrogens with zero attached hydrogens (tertiary/aromatic N) is 5. The van der Waals surface area contributed by atoms with E-state index >= 15 is 0 Å². The molecule has 5 aromatic heterocycles. The molecule has 51 heavy (non-hydrogen) atoms. The van der Waals surface area contributed by atoms with Crippen LogP contribution in [0.4, 0.5) is 0 Å². The van der Waals surface area contributed by atoms with Gasteiger partial charge in [0.1, 0.15) is 11.5 Å². The van der Waals surface area contributed by atoms with Gasteiger partial charge >= 0.3 is 21.1 Å². The predicted octanol–water partition coefficient (Wildman–Crippen LogP) is 10.5. The summed E-state index contributed by atoms with van der Waals surface area (Å²) in [6.45, 7) is 9.35. The van der Waals surface area contributed by atoms with Gasteiger partial charge in [0.25, 0.3) is 0 Å². The van der Waals surface area contributed by atoms with Gasteiger partial charge in [0.05, 0.1) is 11.3 Å². The third kappa shape index (κ3) is 4.36. The van der Waals surface area contributed by atoms with Crippen LogP contribution >= 0.6 is 0 Å². The maximum atomic E-state index is 6.60. The van der Waals surface area contributed by atoms with Gasteiger partial charge < -0.3 is 13.7 Å². The van der Waals surface area contributed by atoms with Crippen LogP contribution in [-0.2, 0) is 26.5 Å². The number of aromatic nitrogens is 5. The predicted molar refractivity (Wildman–Crippen MR) is 200 cm³/mol. The van der Waals surface area contributed by atoms with E-state index in [2.05, 4.69) is 116 Å². The zero-order valence-electron chi connectivity index (χ0n) is 28.6. The molecule has 0 unspecified atom stereocenters. The van der Waals surface area contributed by atoms with Gasteiger partial charge in [-0.2, -0.15) is 6.07 Å². The first-order valence-corrected chi connectivity index (χ1v) is 17.3. The minimum absolute atomic E-state index is 0. The Morgan fingerprint density at radius 1 is 0.647 bits per heavy atom. The first-order chi connectivity index (χ1) is 24.4. The molecule has 0 saturated carbocycles. The summed E-state index contributed by atoms with van der Waals surface area (Å²) >= 11 is 0. The van der Waals surface area contributed by atoms with Gasteiger partial charge in [0.2, 0.25) is 0 Å². The standard InChI is InChI=1S/C44H33N5O.Pt/c1-26(2)44(27(3)4)36-15-8-13-33-32-20-18-30(24-39(32)49(40(33)36)43-37(44)16-10-22-46-43)50-29-17-19-31-34-14-9-21-45-41(34)48-25-38(28-11-6-5-7-12-28)47-42(48)35(31)23-29;/h5-22,25-27H,1-4H3;/q-2;+2. The SMILES string of the molecule is CC(C)C1(C(C)C)c2cccnc2-n2c3[c-]c(Oc4[c-]c5c(cc4)c4cccnc4n4cc(-c6ccccc6)nc54)ccc3c3cccc1c32.[Pt+2]. The number of imidazole rings is 1. The average Bonchev–Trinajstić information content (AvgIpc) is 3.74. The van der Waals surface area contributed by atoms with E-state index in [4.69, 9.17) is 19.7 Å². The summed E-state index contributed by atoms with van der Waals surface area (Å²) in [5.41, 5.74) is 8.14. The van der Waals surface area contributed by atoms with Gasteiger partial charge in [-0.15, -0.1) is 29.7 Å². The quantitative estimate of drug-likeness (QED) is 0.128. The smallest absolute Gasteiger partial charge is 0.503 e. The second-order valence-corrected chi connectivity index (χ2v) is 13.9. The zero-order chi connectivity index (χ0) is 33.7. The molecule has 0 spiro atoms. The molecule has 7 heteroatoms. The molecule has 0 fully saturated rings. The Balaban J connectivity index is 0.00000348. The maximum absolute atomic E-state index is 6.60. The summed E-state index contributed by atoms with van der Waals surface area (Å²) in [4.78, 5) is 14.9. The van der Waals surface area contributed by atoms with Crippen molar-refractivity contribution in [2.24, 2.45) is 11.8 Å². The monoisotopic (exact) mass is 842 g/mol.